The third kappa shape index (κ3) is 3.49. The van der Waals surface area contributed by atoms with Gasteiger partial charge in [-0.2, -0.15) is 0 Å². The van der Waals surface area contributed by atoms with E-state index in [1.807, 2.05) is 24.3 Å². The Morgan fingerprint density at radius 3 is 3.00 bits per heavy atom. The van der Waals surface area contributed by atoms with Gasteiger partial charge in [0.2, 0.25) is 0 Å². The molecule has 1 aliphatic rings. The van der Waals surface area contributed by atoms with E-state index < -0.39 is 0 Å². The van der Waals surface area contributed by atoms with E-state index in [-0.39, 0.29) is 5.91 Å². The highest BCUT2D eigenvalue weighted by Crippen LogP contribution is 2.28. The largest absolute Gasteiger partial charge is 0.383 e. The minimum absolute atomic E-state index is 0.220. The van der Waals surface area contributed by atoms with E-state index in [0.717, 1.165) is 23.3 Å². The molecule has 0 bridgehead atoms. The van der Waals surface area contributed by atoms with Gasteiger partial charge in [0, 0.05) is 18.5 Å². The Balaban J connectivity index is 1.58. The zero-order valence-corrected chi connectivity index (χ0v) is 11.8. The second-order valence-electron chi connectivity index (χ2n) is 5.39. The van der Waals surface area contributed by atoms with Crippen LogP contribution in [0.5, 0.6) is 0 Å². The molecule has 1 fully saturated rings. The number of fused-ring (bicyclic) bond motifs is 1. The van der Waals surface area contributed by atoms with Crippen molar-refractivity contribution < 1.29 is 9.53 Å². The van der Waals surface area contributed by atoms with E-state index in [0.29, 0.717) is 24.7 Å². The monoisotopic (exact) mass is 285 g/mol. The van der Waals surface area contributed by atoms with Crippen molar-refractivity contribution in [1.29, 1.82) is 0 Å². The van der Waals surface area contributed by atoms with Gasteiger partial charge in [-0.15, -0.1) is 0 Å². The first-order valence-corrected chi connectivity index (χ1v) is 7.25. The molecule has 0 radical (unpaired) electrons. The maximum Gasteiger partial charge on any atom is 0.270 e. The number of hydrogen-bond acceptors (Lipinski definition) is 4. The number of ether oxygens (including phenoxy) is 1. The summed E-state index contributed by atoms with van der Waals surface area (Å²) in [4.78, 5) is 16.2. The second kappa shape index (κ2) is 6.10. The topological polar surface area (TPSA) is 77.2 Å². The molecule has 1 heterocycles. The number of hydrogen-bond donors (Lipinski definition) is 2. The normalized spacial score (nSPS) is 14.3. The Kier molecular flexibility index (Phi) is 4.01. The molecule has 1 aromatic heterocycles. The van der Waals surface area contributed by atoms with Crippen molar-refractivity contribution in [2.45, 2.75) is 12.8 Å². The van der Waals surface area contributed by atoms with Crippen LogP contribution in [0, 0.1) is 5.92 Å². The lowest BCUT2D eigenvalue weighted by molar-refractivity contribution is 0.0902. The first-order chi connectivity index (χ1) is 10.2. The molecule has 1 amide bonds. The summed E-state index contributed by atoms with van der Waals surface area (Å²) in [6.45, 7) is 1.82. The van der Waals surface area contributed by atoms with E-state index in [9.17, 15) is 4.79 Å². The molecule has 0 atom stereocenters. The van der Waals surface area contributed by atoms with Gasteiger partial charge in [-0.1, -0.05) is 24.3 Å². The summed E-state index contributed by atoms with van der Waals surface area (Å²) in [6, 6.07) is 9.38. The van der Waals surface area contributed by atoms with Gasteiger partial charge in [0.15, 0.2) is 0 Å². The first-order valence-electron chi connectivity index (χ1n) is 7.25. The van der Waals surface area contributed by atoms with Crippen LogP contribution in [-0.2, 0) is 4.74 Å². The number of nitrogens with zero attached hydrogens (tertiary/aromatic N) is 1. The molecule has 3 N–H and O–H groups in total. The lowest BCUT2D eigenvalue weighted by Gasteiger charge is -2.08. The van der Waals surface area contributed by atoms with E-state index in [2.05, 4.69) is 10.3 Å². The van der Waals surface area contributed by atoms with Crippen molar-refractivity contribution in [1.82, 2.24) is 10.3 Å². The number of nitrogen functional groups attached to an aromatic ring is 1. The Hall–Kier alpha value is -2.14. The van der Waals surface area contributed by atoms with E-state index in [4.69, 9.17) is 10.5 Å². The van der Waals surface area contributed by atoms with E-state index in [1.54, 1.807) is 6.07 Å². The van der Waals surface area contributed by atoms with Crippen LogP contribution in [0.4, 0.5) is 5.82 Å². The molecule has 1 saturated carbocycles. The number of nitrogens with two attached hydrogens (primary N) is 1. The fourth-order valence-corrected chi connectivity index (χ4v) is 2.20. The third-order valence-corrected chi connectivity index (χ3v) is 3.58. The standard InChI is InChI=1S/C16H19N3O2/c17-15-13-4-2-1-3-12(13)9-14(19-15)16(20)18-7-8-21-10-11-5-6-11/h1-4,9,11H,5-8,10H2,(H2,17,19)(H,18,20). The molecular formula is C16H19N3O2. The van der Waals surface area contributed by atoms with Crippen molar-refractivity contribution in [2.75, 3.05) is 25.5 Å². The lowest BCUT2D eigenvalue weighted by atomic mass is 10.1. The maximum absolute atomic E-state index is 12.1. The number of rotatable bonds is 6. The quantitative estimate of drug-likeness (QED) is 0.796. The number of carbonyl (C=O) groups is 1. The van der Waals surface area contributed by atoms with Gasteiger partial charge in [-0.25, -0.2) is 4.98 Å². The number of aromatic nitrogens is 1. The molecule has 0 aliphatic heterocycles. The Morgan fingerprint density at radius 2 is 2.19 bits per heavy atom. The zero-order chi connectivity index (χ0) is 14.7. The maximum atomic E-state index is 12.1. The van der Waals surface area contributed by atoms with Crippen LogP contribution in [-0.4, -0.2) is 30.6 Å². The van der Waals surface area contributed by atoms with Crippen molar-refractivity contribution in [3.63, 3.8) is 0 Å². The lowest BCUT2D eigenvalue weighted by Crippen LogP contribution is -2.28. The van der Waals surface area contributed by atoms with Gasteiger partial charge >= 0.3 is 0 Å². The molecular weight excluding hydrogens is 266 g/mol. The summed E-state index contributed by atoms with van der Waals surface area (Å²) in [7, 11) is 0. The molecule has 5 heteroatoms. The van der Waals surface area contributed by atoms with Crippen LogP contribution >= 0.6 is 0 Å². The van der Waals surface area contributed by atoms with E-state index in [1.165, 1.54) is 12.8 Å². The smallest absolute Gasteiger partial charge is 0.270 e. The molecule has 5 nitrogen and oxygen atoms in total. The summed E-state index contributed by atoms with van der Waals surface area (Å²) >= 11 is 0. The van der Waals surface area contributed by atoms with Crippen LogP contribution in [0.1, 0.15) is 23.3 Å². The van der Waals surface area contributed by atoms with Crippen LogP contribution in [0.15, 0.2) is 30.3 Å². The number of anilines is 1. The number of pyridine rings is 1. The van der Waals surface area contributed by atoms with Gasteiger partial charge in [0.25, 0.3) is 5.91 Å². The zero-order valence-electron chi connectivity index (χ0n) is 11.8. The van der Waals surface area contributed by atoms with Crippen molar-refractivity contribution in [3.8, 4) is 0 Å². The molecule has 2 aromatic rings. The van der Waals surface area contributed by atoms with Gasteiger partial charge < -0.3 is 15.8 Å². The molecule has 1 aromatic carbocycles. The predicted molar refractivity (Wildman–Crippen MR) is 82.0 cm³/mol. The Morgan fingerprint density at radius 1 is 1.38 bits per heavy atom. The average molecular weight is 285 g/mol. The third-order valence-electron chi connectivity index (χ3n) is 3.58. The van der Waals surface area contributed by atoms with Gasteiger partial charge in [0.1, 0.15) is 11.5 Å². The number of nitrogens with one attached hydrogen (secondary N) is 1. The molecule has 3 rings (SSSR count). The summed E-state index contributed by atoms with van der Waals surface area (Å²) < 4.78 is 5.48. The second-order valence-corrected chi connectivity index (χ2v) is 5.39. The number of benzene rings is 1. The van der Waals surface area contributed by atoms with Crippen molar-refractivity contribution in [3.05, 3.63) is 36.0 Å². The van der Waals surface area contributed by atoms with Gasteiger partial charge in [-0.3, -0.25) is 4.79 Å². The summed E-state index contributed by atoms with van der Waals surface area (Å²) in [5.74, 6) is 0.897. The minimum Gasteiger partial charge on any atom is -0.383 e. The number of amides is 1. The summed E-state index contributed by atoms with van der Waals surface area (Å²) in [5.41, 5.74) is 6.24. The predicted octanol–water partition coefficient (Wildman–Crippen LogP) is 1.97. The highest BCUT2D eigenvalue weighted by molar-refractivity contribution is 5.99. The molecule has 0 unspecified atom stereocenters. The van der Waals surface area contributed by atoms with Gasteiger partial charge in [-0.05, 0) is 30.2 Å². The molecule has 110 valence electrons. The first kappa shape index (κ1) is 13.8. The summed E-state index contributed by atoms with van der Waals surface area (Å²) in [5, 5.41) is 4.58. The van der Waals surface area contributed by atoms with Gasteiger partial charge in [0.05, 0.1) is 6.61 Å². The molecule has 21 heavy (non-hydrogen) atoms. The molecule has 0 saturated heterocycles. The highest BCUT2D eigenvalue weighted by Gasteiger charge is 2.20. The van der Waals surface area contributed by atoms with Crippen molar-refractivity contribution >= 4 is 22.5 Å². The number of carbonyl (C=O) groups excluding carboxylic acids is 1. The summed E-state index contributed by atoms with van der Waals surface area (Å²) in [6.07, 6.45) is 2.54. The SMILES string of the molecule is Nc1nc(C(=O)NCCOCC2CC2)cc2ccccc12. The Bertz CT molecular complexity index is 653. The molecule has 1 aliphatic carbocycles. The van der Waals surface area contributed by atoms with Crippen LogP contribution in [0.25, 0.3) is 10.8 Å². The van der Waals surface area contributed by atoms with E-state index >= 15 is 0 Å². The average Bonchev–Trinajstić information content (AvgIpc) is 3.31. The van der Waals surface area contributed by atoms with Crippen LogP contribution in [0.3, 0.4) is 0 Å². The van der Waals surface area contributed by atoms with Crippen LogP contribution < -0.4 is 11.1 Å². The minimum atomic E-state index is -0.220. The van der Waals surface area contributed by atoms with Crippen LogP contribution in [0.2, 0.25) is 0 Å². The fraction of sp³-hybridized carbons (Fsp3) is 0.375. The molecule has 0 spiro atoms. The highest BCUT2D eigenvalue weighted by atomic mass is 16.5. The van der Waals surface area contributed by atoms with Crippen molar-refractivity contribution in [2.24, 2.45) is 5.92 Å². The fourth-order valence-electron chi connectivity index (χ4n) is 2.20. The Labute approximate surface area is 123 Å².